The fourth-order valence-corrected chi connectivity index (χ4v) is 4.13. The number of aryl methyl sites for hydroxylation is 2. The van der Waals surface area contributed by atoms with Gasteiger partial charge < -0.3 is 9.80 Å². The van der Waals surface area contributed by atoms with Crippen LogP contribution in [0.1, 0.15) is 61.5 Å². The SMILES string of the molecule is Cc1cc(C(=O)N2CCCC23CCCN(C(C)C)C3=O)nc(C)n1. The van der Waals surface area contributed by atoms with E-state index >= 15 is 0 Å². The van der Waals surface area contributed by atoms with Crippen LogP contribution in [0.5, 0.6) is 0 Å². The first-order chi connectivity index (χ1) is 11.3. The molecule has 3 rings (SSSR count). The minimum Gasteiger partial charge on any atom is -0.338 e. The Morgan fingerprint density at radius 1 is 1.17 bits per heavy atom. The van der Waals surface area contributed by atoms with E-state index in [0.717, 1.165) is 37.9 Å². The van der Waals surface area contributed by atoms with Crippen molar-refractivity contribution in [2.75, 3.05) is 13.1 Å². The van der Waals surface area contributed by atoms with Crippen molar-refractivity contribution in [3.8, 4) is 0 Å². The summed E-state index contributed by atoms with van der Waals surface area (Å²) in [7, 11) is 0. The highest BCUT2D eigenvalue weighted by molar-refractivity contribution is 5.99. The summed E-state index contributed by atoms with van der Waals surface area (Å²) in [6, 6.07) is 1.88. The van der Waals surface area contributed by atoms with Crippen LogP contribution >= 0.6 is 0 Å². The summed E-state index contributed by atoms with van der Waals surface area (Å²) < 4.78 is 0. The lowest BCUT2D eigenvalue weighted by molar-refractivity contribution is -0.147. The van der Waals surface area contributed by atoms with Gasteiger partial charge in [-0.25, -0.2) is 9.97 Å². The molecule has 0 radical (unpaired) electrons. The molecular weight excluding hydrogens is 304 g/mol. The molecule has 1 atom stereocenters. The Bertz CT molecular complexity index is 653. The Morgan fingerprint density at radius 2 is 1.83 bits per heavy atom. The van der Waals surface area contributed by atoms with Crippen LogP contribution in [-0.2, 0) is 4.79 Å². The van der Waals surface area contributed by atoms with Crippen LogP contribution in [0.25, 0.3) is 0 Å². The summed E-state index contributed by atoms with van der Waals surface area (Å²) in [6.45, 7) is 9.13. The van der Waals surface area contributed by atoms with Gasteiger partial charge in [0.25, 0.3) is 5.91 Å². The van der Waals surface area contributed by atoms with Crippen molar-refractivity contribution in [3.63, 3.8) is 0 Å². The molecule has 6 heteroatoms. The van der Waals surface area contributed by atoms with E-state index in [9.17, 15) is 9.59 Å². The van der Waals surface area contributed by atoms with Crippen molar-refractivity contribution in [2.45, 2.75) is 65.0 Å². The van der Waals surface area contributed by atoms with Crippen molar-refractivity contribution < 1.29 is 9.59 Å². The maximum absolute atomic E-state index is 13.2. The second kappa shape index (κ2) is 6.15. The van der Waals surface area contributed by atoms with E-state index in [1.165, 1.54) is 0 Å². The number of carbonyl (C=O) groups is 2. The number of carbonyl (C=O) groups excluding carboxylic acids is 2. The molecular formula is C18H26N4O2. The average molecular weight is 330 g/mol. The third-order valence-electron chi connectivity index (χ3n) is 5.19. The van der Waals surface area contributed by atoms with Gasteiger partial charge in [0, 0.05) is 24.8 Å². The molecule has 1 unspecified atom stereocenters. The van der Waals surface area contributed by atoms with E-state index in [0.29, 0.717) is 18.1 Å². The quantitative estimate of drug-likeness (QED) is 0.833. The highest BCUT2D eigenvalue weighted by Gasteiger charge is 2.53. The lowest BCUT2D eigenvalue weighted by atomic mass is 9.84. The van der Waals surface area contributed by atoms with Crippen molar-refractivity contribution in [1.29, 1.82) is 0 Å². The molecule has 3 heterocycles. The Morgan fingerprint density at radius 3 is 2.46 bits per heavy atom. The van der Waals surface area contributed by atoms with Gasteiger partial charge in [0.2, 0.25) is 5.91 Å². The zero-order valence-electron chi connectivity index (χ0n) is 15.0. The van der Waals surface area contributed by atoms with Crippen LogP contribution in [-0.4, -0.2) is 56.3 Å². The number of hydrogen-bond acceptors (Lipinski definition) is 4. The van der Waals surface area contributed by atoms with E-state index in [1.54, 1.807) is 17.9 Å². The fraction of sp³-hybridized carbons (Fsp3) is 0.667. The number of nitrogens with zero attached hydrogens (tertiary/aromatic N) is 4. The molecule has 0 aliphatic carbocycles. The smallest absolute Gasteiger partial charge is 0.273 e. The fourth-order valence-electron chi connectivity index (χ4n) is 4.13. The number of aromatic nitrogens is 2. The Kier molecular flexibility index (Phi) is 4.32. The van der Waals surface area contributed by atoms with Gasteiger partial charge >= 0.3 is 0 Å². The van der Waals surface area contributed by atoms with E-state index in [1.807, 2.05) is 25.7 Å². The van der Waals surface area contributed by atoms with Crippen LogP contribution in [0.3, 0.4) is 0 Å². The van der Waals surface area contributed by atoms with Gasteiger partial charge in [-0.2, -0.15) is 0 Å². The van der Waals surface area contributed by atoms with Gasteiger partial charge in [0.05, 0.1) is 0 Å². The number of hydrogen-bond donors (Lipinski definition) is 0. The zero-order chi connectivity index (χ0) is 17.5. The standard InChI is InChI=1S/C18H26N4O2/c1-12(2)21-9-5-7-18(17(21)24)8-6-10-22(18)16(23)15-11-13(3)19-14(4)20-15/h11-12H,5-10H2,1-4H3. The lowest BCUT2D eigenvalue weighted by Crippen LogP contribution is -2.62. The van der Waals surface area contributed by atoms with E-state index in [4.69, 9.17) is 0 Å². The average Bonchev–Trinajstić information content (AvgIpc) is 2.92. The number of piperidine rings is 1. The molecule has 1 aromatic rings. The summed E-state index contributed by atoms with van der Waals surface area (Å²) in [5, 5.41) is 0. The second-order valence-corrected chi connectivity index (χ2v) is 7.23. The lowest BCUT2D eigenvalue weighted by Gasteiger charge is -2.45. The van der Waals surface area contributed by atoms with Gasteiger partial charge in [-0.15, -0.1) is 0 Å². The van der Waals surface area contributed by atoms with Crippen LogP contribution in [0, 0.1) is 13.8 Å². The molecule has 0 saturated carbocycles. The molecule has 2 aliphatic heterocycles. The highest BCUT2D eigenvalue weighted by atomic mass is 16.2. The summed E-state index contributed by atoms with van der Waals surface area (Å²) in [4.78, 5) is 38.5. The summed E-state index contributed by atoms with van der Waals surface area (Å²) >= 11 is 0. The predicted molar refractivity (Wildman–Crippen MR) is 90.6 cm³/mol. The van der Waals surface area contributed by atoms with Crippen LogP contribution in [0.15, 0.2) is 6.07 Å². The molecule has 0 N–H and O–H groups in total. The number of amides is 2. The topological polar surface area (TPSA) is 66.4 Å². The van der Waals surface area contributed by atoms with Crippen LogP contribution in [0.4, 0.5) is 0 Å². The first-order valence-corrected chi connectivity index (χ1v) is 8.80. The van der Waals surface area contributed by atoms with Gasteiger partial charge in [-0.3, -0.25) is 9.59 Å². The third-order valence-corrected chi connectivity index (χ3v) is 5.19. The molecule has 2 amide bonds. The first-order valence-electron chi connectivity index (χ1n) is 8.80. The molecule has 130 valence electrons. The molecule has 1 spiro atoms. The second-order valence-electron chi connectivity index (χ2n) is 7.23. The summed E-state index contributed by atoms with van der Waals surface area (Å²) in [6.07, 6.45) is 3.32. The van der Waals surface area contributed by atoms with Gasteiger partial charge in [0.15, 0.2) is 0 Å². The third kappa shape index (κ3) is 2.68. The van der Waals surface area contributed by atoms with Gasteiger partial charge in [-0.1, -0.05) is 0 Å². The number of rotatable bonds is 2. The summed E-state index contributed by atoms with van der Waals surface area (Å²) in [5.74, 6) is 0.558. The molecule has 2 fully saturated rings. The Labute approximate surface area is 143 Å². The first kappa shape index (κ1) is 16.9. The molecule has 1 aromatic heterocycles. The van der Waals surface area contributed by atoms with Gasteiger partial charge in [-0.05, 0) is 59.4 Å². The molecule has 0 bridgehead atoms. The normalized spacial score (nSPS) is 24.3. The monoisotopic (exact) mass is 330 g/mol. The van der Waals surface area contributed by atoms with Crippen LogP contribution in [0.2, 0.25) is 0 Å². The van der Waals surface area contributed by atoms with Crippen LogP contribution < -0.4 is 0 Å². The molecule has 24 heavy (non-hydrogen) atoms. The largest absolute Gasteiger partial charge is 0.338 e. The minimum atomic E-state index is -0.674. The van der Waals surface area contributed by atoms with Crippen molar-refractivity contribution in [2.24, 2.45) is 0 Å². The maximum Gasteiger partial charge on any atom is 0.273 e. The highest BCUT2D eigenvalue weighted by Crippen LogP contribution is 2.39. The number of likely N-dealkylation sites (tertiary alicyclic amines) is 2. The Balaban J connectivity index is 1.95. The Hall–Kier alpha value is -1.98. The van der Waals surface area contributed by atoms with E-state index in [-0.39, 0.29) is 17.9 Å². The van der Waals surface area contributed by atoms with Gasteiger partial charge in [0.1, 0.15) is 17.1 Å². The predicted octanol–water partition coefficient (Wildman–Crippen LogP) is 2.10. The molecule has 2 saturated heterocycles. The summed E-state index contributed by atoms with van der Waals surface area (Å²) in [5.41, 5.74) is 0.500. The van der Waals surface area contributed by atoms with Crippen molar-refractivity contribution in [1.82, 2.24) is 19.8 Å². The van der Waals surface area contributed by atoms with E-state index in [2.05, 4.69) is 9.97 Å². The maximum atomic E-state index is 13.2. The van der Waals surface area contributed by atoms with Crippen molar-refractivity contribution in [3.05, 3.63) is 23.3 Å². The zero-order valence-corrected chi connectivity index (χ0v) is 15.0. The van der Waals surface area contributed by atoms with Crippen molar-refractivity contribution >= 4 is 11.8 Å². The molecule has 6 nitrogen and oxygen atoms in total. The molecule has 2 aliphatic rings. The molecule has 0 aromatic carbocycles. The van der Waals surface area contributed by atoms with E-state index < -0.39 is 5.54 Å². The minimum absolute atomic E-state index is 0.108.